The van der Waals surface area contributed by atoms with Gasteiger partial charge >= 0.3 is 0 Å². The molecule has 1 atom stereocenters. The fourth-order valence-corrected chi connectivity index (χ4v) is 5.19. The van der Waals surface area contributed by atoms with E-state index in [1.54, 1.807) is 25.2 Å². The molecule has 0 aromatic heterocycles. The molecule has 1 heterocycles. The molecule has 8 nitrogen and oxygen atoms in total. The lowest BCUT2D eigenvalue weighted by molar-refractivity contribution is -0.142. The first-order chi connectivity index (χ1) is 12.7. The van der Waals surface area contributed by atoms with Crippen molar-refractivity contribution in [1.82, 2.24) is 4.90 Å². The van der Waals surface area contributed by atoms with Gasteiger partial charge < -0.3 is 19.7 Å². The maximum atomic E-state index is 12.9. The molecule has 2 fully saturated rings. The number of benzene rings is 1. The van der Waals surface area contributed by atoms with E-state index < -0.39 is 15.3 Å². The molecule has 9 heteroatoms. The number of carbonyl (C=O) groups excluding carboxylic acids is 2. The lowest BCUT2D eigenvalue weighted by Gasteiger charge is -2.27. The Morgan fingerprint density at radius 2 is 1.85 bits per heavy atom. The number of sulfone groups is 1. The Kier molecular flexibility index (Phi) is 5.07. The van der Waals surface area contributed by atoms with E-state index >= 15 is 0 Å². The Hall–Kier alpha value is -2.29. The Labute approximate surface area is 158 Å². The summed E-state index contributed by atoms with van der Waals surface area (Å²) >= 11 is 0. The first-order valence-corrected chi connectivity index (χ1v) is 10.6. The highest BCUT2D eigenvalue weighted by Gasteiger charge is 2.58. The second-order valence-corrected chi connectivity index (χ2v) is 9.31. The summed E-state index contributed by atoms with van der Waals surface area (Å²) in [6.07, 6.45) is 1.32. The summed E-state index contributed by atoms with van der Waals surface area (Å²) in [7, 11) is 1.50. The highest BCUT2D eigenvalue weighted by atomic mass is 32.2. The van der Waals surface area contributed by atoms with Crippen molar-refractivity contribution in [2.45, 2.75) is 25.3 Å². The van der Waals surface area contributed by atoms with E-state index in [-0.39, 0.29) is 29.4 Å². The van der Waals surface area contributed by atoms with Crippen LogP contribution >= 0.6 is 0 Å². The zero-order valence-corrected chi connectivity index (χ0v) is 16.5. The molecule has 0 radical (unpaired) electrons. The average Bonchev–Trinajstić information content (AvgIpc) is 3.38. The highest BCUT2D eigenvalue weighted by Crippen LogP contribution is 2.48. The van der Waals surface area contributed by atoms with E-state index in [4.69, 9.17) is 9.47 Å². The number of nitrogens with zero attached hydrogens (tertiary/aromatic N) is 1. The van der Waals surface area contributed by atoms with Crippen molar-refractivity contribution in [3.63, 3.8) is 0 Å². The summed E-state index contributed by atoms with van der Waals surface area (Å²) < 4.78 is 33.8. The van der Waals surface area contributed by atoms with Crippen LogP contribution < -0.4 is 14.8 Å². The van der Waals surface area contributed by atoms with Crippen molar-refractivity contribution >= 4 is 27.3 Å². The van der Waals surface area contributed by atoms with Crippen LogP contribution in [-0.2, 0) is 19.4 Å². The quantitative estimate of drug-likeness (QED) is 0.722. The molecule has 27 heavy (non-hydrogen) atoms. The number of ether oxygens (including phenoxy) is 2. The molecule has 1 aliphatic carbocycles. The Morgan fingerprint density at radius 3 is 2.37 bits per heavy atom. The number of methoxy groups -OCH3 is 2. The van der Waals surface area contributed by atoms with Crippen molar-refractivity contribution < 1.29 is 27.5 Å². The first-order valence-electron chi connectivity index (χ1n) is 8.73. The van der Waals surface area contributed by atoms with Gasteiger partial charge in [-0.15, -0.1) is 0 Å². The summed E-state index contributed by atoms with van der Waals surface area (Å²) in [6, 6.07) is 4.61. The van der Waals surface area contributed by atoms with Gasteiger partial charge in [0.2, 0.25) is 11.8 Å². The van der Waals surface area contributed by atoms with Gasteiger partial charge in [0.15, 0.2) is 21.3 Å². The summed E-state index contributed by atoms with van der Waals surface area (Å²) in [5.74, 6) is 0.354. The van der Waals surface area contributed by atoms with Crippen molar-refractivity contribution in [2.75, 3.05) is 38.1 Å². The lowest BCUT2D eigenvalue weighted by Crippen LogP contribution is -2.46. The van der Waals surface area contributed by atoms with E-state index in [2.05, 4.69) is 5.32 Å². The van der Waals surface area contributed by atoms with E-state index in [0.717, 1.165) is 0 Å². The minimum atomic E-state index is -3.10. The molecular weight excluding hydrogens is 372 g/mol. The Morgan fingerprint density at radius 1 is 1.19 bits per heavy atom. The van der Waals surface area contributed by atoms with Crippen LogP contribution in [0.5, 0.6) is 11.5 Å². The number of rotatable bonds is 6. The van der Waals surface area contributed by atoms with Crippen molar-refractivity contribution in [2.24, 2.45) is 5.41 Å². The topological polar surface area (TPSA) is 102 Å². The number of carbonyl (C=O) groups is 2. The predicted molar refractivity (Wildman–Crippen MR) is 99.7 cm³/mol. The molecule has 2 aliphatic rings. The van der Waals surface area contributed by atoms with Gasteiger partial charge in [-0.3, -0.25) is 9.59 Å². The molecule has 3 rings (SSSR count). The van der Waals surface area contributed by atoms with Gasteiger partial charge in [0, 0.05) is 24.8 Å². The first kappa shape index (κ1) is 19.5. The molecular formula is C18H24N2O6S. The van der Waals surface area contributed by atoms with Gasteiger partial charge in [-0.05, 0) is 31.4 Å². The van der Waals surface area contributed by atoms with Crippen molar-refractivity contribution in [1.29, 1.82) is 0 Å². The molecule has 1 aliphatic heterocycles. The molecule has 1 saturated carbocycles. The summed E-state index contributed by atoms with van der Waals surface area (Å²) in [5, 5.41) is 2.77. The van der Waals surface area contributed by atoms with Crippen LogP contribution in [0, 0.1) is 5.41 Å². The number of amides is 2. The number of hydrogen-bond acceptors (Lipinski definition) is 6. The van der Waals surface area contributed by atoms with Gasteiger partial charge in [0.1, 0.15) is 5.41 Å². The smallest absolute Gasteiger partial charge is 0.240 e. The van der Waals surface area contributed by atoms with E-state index in [1.807, 2.05) is 0 Å². The van der Waals surface area contributed by atoms with Gasteiger partial charge in [-0.2, -0.15) is 0 Å². The Balaban J connectivity index is 1.72. The van der Waals surface area contributed by atoms with Crippen LogP contribution in [0.3, 0.4) is 0 Å². The van der Waals surface area contributed by atoms with E-state index in [9.17, 15) is 18.0 Å². The monoisotopic (exact) mass is 396 g/mol. The molecule has 1 unspecified atom stereocenters. The second-order valence-electron chi connectivity index (χ2n) is 7.08. The second kappa shape index (κ2) is 7.03. The molecule has 0 bridgehead atoms. The fraction of sp³-hybridized carbons (Fsp3) is 0.556. The maximum Gasteiger partial charge on any atom is 0.240 e. The van der Waals surface area contributed by atoms with Gasteiger partial charge in [0.25, 0.3) is 0 Å². The summed E-state index contributed by atoms with van der Waals surface area (Å²) in [5.41, 5.74) is -0.614. The third-order valence-electron chi connectivity index (χ3n) is 5.31. The minimum Gasteiger partial charge on any atom is -0.493 e. The average molecular weight is 396 g/mol. The summed E-state index contributed by atoms with van der Waals surface area (Å²) in [6.45, 7) is 0. The minimum absolute atomic E-state index is 0.0391. The van der Waals surface area contributed by atoms with Crippen LogP contribution in [0.1, 0.15) is 19.3 Å². The van der Waals surface area contributed by atoms with Crippen LogP contribution in [0.4, 0.5) is 5.69 Å². The van der Waals surface area contributed by atoms with Gasteiger partial charge in [0.05, 0.1) is 25.7 Å². The molecule has 1 saturated heterocycles. The molecule has 0 spiro atoms. The predicted octanol–water partition coefficient (Wildman–Crippen LogP) is 1.07. The van der Waals surface area contributed by atoms with Crippen LogP contribution in [-0.4, -0.2) is 63.9 Å². The molecule has 1 aromatic rings. The zero-order valence-electron chi connectivity index (χ0n) is 15.6. The van der Waals surface area contributed by atoms with Gasteiger partial charge in [-0.25, -0.2) is 8.42 Å². The molecule has 2 amide bonds. The number of hydrogen-bond donors (Lipinski definition) is 1. The van der Waals surface area contributed by atoms with Gasteiger partial charge in [-0.1, -0.05) is 0 Å². The van der Waals surface area contributed by atoms with Crippen LogP contribution in [0.25, 0.3) is 0 Å². The summed E-state index contributed by atoms with van der Waals surface area (Å²) in [4.78, 5) is 27.1. The van der Waals surface area contributed by atoms with E-state index in [0.29, 0.717) is 36.4 Å². The van der Waals surface area contributed by atoms with Crippen molar-refractivity contribution in [3.8, 4) is 11.5 Å². The van der Waals surface area contributed by atoms with E-state index in [1.165, 1.54) is 19.1 Å². The molecule has 1 N–H and O–H groups in total. The largest absolute Gasteiger partial charge is 0.493 e. The fourth-order valence-electron chi connectivity index (χ4n) is 3.41. The molecule has 148 valence electrons. The SMILES string of the molecule is COc1ccc(NC(=O)C2(C(=O)N(C)C3CCS(=O)(=O)C3)CC2)cc1OC. The normalized spacial score (nSPS) is 22.0. The van der Waals surface area contributed by atoms with Crippen molar-refractivity contribution in [3.05, 3.63) is 18.2 Å². The molecule has 1 aromatic carbocycles. The maximum absolute atomic E-state index is 12.9. The number of anilines is 1. The highest BCUT2D eigenvalue weighted by molar-refractivity contribution is 7.91. The zero-order chi connectivity index (χ0) is 19.8. The third kappa shape index (κ3) is 3.73. The Bertz CT molecular complexity index is 863. The van der Waals surface area contributed by atoms with Crippen LogP contribution in [0.2, 0.25) is 0 Å². The van der Waals surface area contributed by atoms with Crippen LogP contribution in [0.15, 0.2) is 18.2 Å². The number of nitrogens with one attached hydrogen (secondary N) is 1. The third-order valence-corrected chi connectivity index (χ3v) is 7.06. The lowest BCUT2D eigenvalue weighted by atomic mass is 10.0. The standard InChI is InChI=1S/C18H24N2O6S/c1-20(13-6-9-27(23,24)11-13)17(22)18(7-8-18)16(21)19-12-4-5-14(25-2)15(10-12)26-3/h4-5,10,13H,6-9,11H2,1-3H3,(H,19,21).